The van der Waals surface area contributed by atoms with E-state index in [9.17, 15) is 4.79 Å². The molecular formula is C16H15N5O4. The molecule has 2 aromatic heterocycles. The Labute approximate surface area is 142 Å². The average molecular weight is 341 g/mol. The molecule has 1 fully saturated rings. The number of aromatic nitrogens is 4. The maximum absolute atomic E-state index is 12.1. The van der Waals surface area contributed by atoms with Gasteiger partial charge in [-0.25, -0.2) is 14.7 Å². The summed E-state index contributed by atoms with van der Waals surface area (Å²) < 4.78 is 12.4. The summed E-state index contributed by atoms with van der Waals surface area (Å²) in [7, 11) is 0. The second-order valence-electron chi connectivity index (χ2n) is 5.40. The standard InChI is InChI=1S/C16H15N5O4/c22-16(21-6-1-7-24-21)15-8-14(25-19-15)9-23-13-4-2-12(3-5-13)20-11-17-10-18-20/h2-5,8,10-11H,1,6-7,9H2. The van der Waals surface area contributed by atoms with Crippen LogP contribution in [-0.2, 0) is 11.4 Å². The molecule has 0 saturated carbocycles. The van der Waals surface area contributed by atoms with Gasteiger partial charge in [-0.3, -0.25) is 9.63 Å². The number of nitrogens with zero attached hydrogens (tertiary/aromatic N) is 5. The number of hydrogen-bond acceptors (Lipinski definition) is 7. The van der Waals surface area contributed by atoms with E-state index in [-0.39, 0.29) is 18.2 Å². The van der Waals surface area contributed by atoms with E-state index < -0.39 is 0 Å². The molecule has 4 rings (SSSR count). The Kier molecular flexibility index (Phi) is 4.13. The van der Waals surface area contributed by atoms with Crippen molar-refractivity contribution in [1.29, 1.82) is 0 Å². The summed E-state index contributed by atoms with van der Waals surface area (Å²) in [6.45, 7) is 1.28. The molecule has 0 radical (unpaired) electrons. The number of benzene rings is 1. The average Bonchev–Trinajstić information content (AvgIpc) is 3.42. The van der Waals surface area contributed by atoms with Gasteiger partial charge in [0, 0.05) is 6.07 Å². The van der Waals surface area contributed by atoms with Crippen LogP contribution in [0.4, 0.5) is 0 Å². The predicted molar refractivity (Wildman–Crippen MR) is 83.8 cm³/mol. The second kappa shape index (κ2) is 6.73. The van der Waals surface area contributed by atoms with Crippen molar-refractivity contribution in [2.45, 2.75) is 13.0 Å². The molecule has 0 aliphatic carbocycles. The van der Waals surface area contributed by atoms with Crippen molar-refractivity contribution in [2.75, 3.05) is 13.2 Å². The fourth-order valence-corrected chi connectivity index (χ4v) is 2.41. The number of carbonyl (C=O) groups is 1. The normalized spacial score (nSPS) is 14.0. The number of carbonyl (C=O) groups excluding carboxylic acids is 1. The molecule has 0 atom stereocenters. The molecule has 25 heavy (non-hydrogen) atoms. The lowest BCUT2D eigenvalue weighted by molar-refractivity contribution is -0.0773. The van der Waals surface area contributed by atoms with Gasteiger partial charge in [-0.05, 0) is 30.7 Å². The van der Waals surface area contributed by atoms with Gasteiger partial charge in [0.1, 0.15) is 25.0 Å². The number of ether oxygens (including phenoxy) is 1. The lowest BCUT2D eigenvalue weighted by atomic mass is 10.3. The predicted octanol–water partition coefficient (Wildman–Crippen LogP) is 1.61. The molecule has 9 heteroatoms. The highest BCUT2D eigenvalue weighted by Crippen LogP contribution is 2.17. The second-order valence-corrected chi connectivity index (χ2v) is 5.40. The molecule has 3 heterocycles. The maximum Gasteiger partial charge on any atom is 0.299 e. The number of hydrogen-bond donors (Lipinski definition) is 0. The molecule has 1 aliphatic heterocycles. The Bertz CT molecular complexity index is 838. The van der Waals surface area contributed by atoms with Crippen LogP contribution in [-0.4, -0.2) is 44.0 Å². The topological polar surface area (TPSA) is 95.5 Å². The SMILES string of the molecule is O=C(c1cc(COc2ccc(-n3cncn3)cc2)on1)N1CCCO1. The van der Waals surface area contributed by atoms with Gasteiger partial charge in [0.25, 0.3) is 5.91 Å². The fraction of sp³-hybridized carbons (Fsp3) is 0.250. The van der Waals surface area contributed by atoms with Crippen molar-refractivity contribution in [3.05, 3.63) is 54.4 Å². The van der Waals surface area contributed by atoms with Crippen molar-refractivity contribution in [2.24, 2.45) is 0 Å². The van der Waals surface area contributed by atoms with Gasteiger partial charge in [0.05, 0.1) is 18.8 Å². The van der Waals surface area contributed by atoms with E-state index >= 15 is 0 Å². The zero-order valence-corrected chi connectivity index (χ0v) is 13.2. The van der Waals surface area contributed by atoms with Crippen LogP contribution in [0.15, 0.2) is 47.5 Å². The smallest absolute Gasteiger partial charge is 0.299 e. The largest absolute Gasteiger partial charge is 0.486 e. The highest BCUT2D eigenvalue weighted by Gasteiger charge is 2.24. The van der Waals surface area contributed by atoms with E-state index in [1.165, 1.54) is 11.4 Å². The van der Waals surface area contributed by atoms with Crippen LogP contribution >= 0.6 is 0 Å². The van der Waals surface area contributed by atoms with Crippen molar-refractivity contribution >= 4 is 5.91 Å². The summed E-state index contributed by atoms with van der Waals surface area (Å²) in [5.41, 5.74) is 1.09. The number of rotatable bonds is 5. The van der Waals surface area contributed by atoms with Crippen LogP contribution in [0.5, 0.6) is 5.75 Å². The lowest BCUT2D eigenvalue weighted by Crippen LogP contribution is -2.26. The summed E-state index contributed by atoms with van der Waals surface area (Å²) in [6, 6.07) is 8.93. The van der Waals surface area contributed by atoms with E-state index in [2.05, 4.69) is 15.2 Å². The molecule has 1 amide bonds. The summed E-state index contributed by atoms with van der Waals surface area (Å²) >= 11 is 0. The third-order valence-electron chi connectivity index (χ3n) is 3.66. The maximum atomic E-state index is 12.1. The minimum atomic E-state index is -0.301. The van der Waals surface area contributed by atoms with Crippen LogP contribution in [0.2, 0.25) is 0 Å². The minimum absolute atomic E-state index is 0.170. The zero-order chi connectivity index (χ0) is 17.1. The molecule has 1 aromatic carbocycles. The zero-order valence-electron chi connectivity index (χ0n) is 13.2. The Morgan fingerprint density at radius 2 is 2.16 bits per heavy atom. The van der Waals surface area contributed by atoms with E-state index in [0.29, 0.717) is 24.7 Å². The van der Waals surface area contributed by atoms with Gasteiger partial charge in [-0.15, -0.1) is 0 Å². The fourth-order valence-electron chi connectivity index (χ4n) is 2.41. The number of hydroxylamine groups is 2. The highest BCUT2D eigenvalue weighted by atomic mass is 16.7. The Morgan fingerprint density at radius 1 is 1.28 bits per heavy atom. The van der Waals surface area contributed by atoms with Crippen molar-refractivity contribution in [3.8, 4) is 11.4 Å². The van der Waals surface area contributed by atoms with Crippen LogP contribution in [0.3, 0.4) is 0 Å². The molecule has 0 N–H and O–H groups in total. The third kappa shape index (κ3) is 3.36. The molecule has 128 valence electrons. The van der Waals surface area contributed by atoms with Gasteiger partial charge in [-0.2, -0.15) is 5.10 Å². The first-order chi connectivity index (χ1) is 12.3. The van der Waals surface area contributed by atoms with Crippen LogP contribution < -0.4 is 4.74 Å². The van der Waals surface area contributed by atoms with Gasteiger partial charge < -0.3 is 9.26 Å². The van der Waals surface area contributed by atoms with Crippen molar-refractivity contribution < 1.29 is 18.9 Å². The lowest BCUT2D eigenvalue weighted by Gasteiger charge is -2.10. The first-order valence-corrected chi connectivity index (χ1v) is 7.78. The van der Waals surface area contributed by atoms with E-state index in [0.717, 1.165) is 12.1 Å². The Morgan fingerprint density at radius 3 is 2.88 bits per heavy atom. The minimum Gasteiger partial charge on any atom is -0.486 e. The monoisotopic (exact) mass is 341 g/mol. The van der Waals surface area contributed by atoms with Crippen LogP contribution in [0.1, 0.15) is 22.7 Å². The summed E-state index contributed by atoms with van der Waals surface area (Å²) in [5, 5.41) is 9.13. The summed E-state index contributed by atoms with van der Waals surface area (Å²) in [5.74, 6) is 0.823. The summed E-state index contributed by atoms with van der Waals surface area (Å²) in [4.78, 5) is 21.2. The van der Waals surface area contributed by atoms with Crippen molar-refractivity contribution in [1.82, 2.24) is 25.0 Å². The van der Waals surface area contributed by atoms with E-state index in [1.807, 2.05) is 24.3 Å². The molecule has 0 unspecified atom stereocenters. The molecule has 1 aliphatic rings. The molecule has 9 nitrogen and oxygen atoms in total. The van der Waals surface area contributed by atoms with Gasteiger partial charge >= 0.3 is 0 Å². The highest BCUT2D eigenvalue weighted by molar-refractivity contribution is 5.91. The molecular weight excluding hydrogens is 326 g/mol. The van der Waals surface area contributed by atoms with Gasteiger partial charge in [0.15, 0.2) is 11.5 Å². The number of amides is 1. The third-order valence-corrected chi connectivity index (χ3v) is 3.66. The van der Waals surface area contributed by atoms with Gasteiger partial charge in [0.2, 0.25) is 0 Å². The first kappa shape index (κ1) is 15.3. The van der Waals surface area contributed by atoms with Crippen LogP contribution in [0.25, 0.3) is 5.69 Å². The van der Waals surface area contributed by atoms with Crippen LogP contribution in [0, 0.1) is 0 Å². The molecule has 0 spiro atoms. The van der Waals surface area contributed by atoms with Gasteiger partial charge in [-0.1, -0.05) is 5.16 Å². The first-order valence-electron chi connectivity index (χ1n) is 7.78. The molecule has 1 saturated heterocycles. The Balaban J connectivity index is 1.36. The quantitative estimate of drug-likeness (QED) is 0.695. The Hall–Kier alpha value is -3.20. The molecule has 0 bridgehead atoms. The summed E-state index contributed by atoms with van der Waals surface area (Å²) in [6.07, 6.45) is 3.91. The van der Waals surface area contributed by atoms with Crippen molar-refractivity contribution in [3.63, 3.8) is 0 Å². The molecule has 3 aromatic rings. The van der Waals surface area contributed by atoms with E-state index in [1.54, 1.807) is 17.1 Å². The van der Waals surface area contributed by atoms with E-state index in [4.69, 9.17) is 14.1 Å².